The second-order valence-corrected chi connectivity index (χ2v) is 8.48. The van der Waals surface area contributed by atoms with E-state index in [4.69, 9.17) is 17.2 Å². The Hall–Kier alpha value is -2.77. The van der Waals surface area contributed by atoms with E-state index in [2.05, 4.69) is 69.3 Å². The number of thiazole rings is 1. The lowest BCUT2D eigenvalue weighted by atomic mass is 10.0. The zero-order valence-corrected chi connectivity index (χ0v) is 17.7. The van der Waals surface area contributed by atoms with Crippen LogP contribution in [0.1, 0.15) is 36.8 Å². The van der Waals surface area contributed by atoms with Gasteiger partial charge in [0.2, 0.25) is 0 Å². The summed E-state index contributed by atoms with van der Waals surface area (Å²) in [6, 6.07) is 18.6. The van der Waals surface area contributed by atoms with E-state index in [1.54, 1.807) is 11.3 Å². The topological polar surface area (TPSA) is 46.0 Å². The normalized spacial score (nSPS) is 19.1. The molecule has 5 rings (SSSR count). The fourth-order valence-electron chi connectivity index (χ4n) is 3.98. The average Bonchev–Trinajstić information content (AvgIpc) is 3.46. The van der Waals surface area contributed by atoms with Crippen LogP contribution in [0.4, 0.5) is 0 Å². The summed E-state index contributed by atoms with van der Waals surface area (Å²) in [4.78, 5) is 11.8. The van der Waals surface area contributed by atoms with Gasteiger partial charge in [0.05, 0.1) is 33.7 Å². The molecule has 0 spiro atoms. The summed E-state index contributed by atoms with van der Waals surface area (Å²) in [6.07, 6.45) is 4.95. The van der Waals surface area contributed by atoms with E-state index in [0.717, 1.165) is 34.4 Å². The number of fused-ring (bicyclic) bond motifs is 1. The van der Waals surface area contributed by atoms with Gasteiger partial charge in [-0.15, -0.1) is 0 Å². The number of benzene rings is 1. The SMILES string of the molecule is CCCN1C(=S)N[C@@H](c2ccccn2)[C@@H]1c1cccn1-c1nc2ccccc2s1. The van der Waals surface area contributed by atoms with Crippen molar-refractivity contribution in [3.8, 4) is 5.13 Å². The van der Waals surface area contributed by atoms with Gasteiger partial charge in [-0.25, -0.2) is 4.98 Å². The highest BCUT2D eigenvalue weighted by atomic mass is 32.1. The number of nitrogens with zero attached hydrogens (tertiary/aromatic N) is 4. The molecule has 1 saturated heterocycles. The van der Waals surface area contributed by atoms with E-state index >= 15 is 0 Å². The smallest absolute Gasteiger partial charge is 0.194 e. The summed E-state index contributed by atoms with van der Waals surface area (Å²) in [5, 5.41) is 5.27. The molecule has 29 heavy (non-hydrogen) atoms. The second kappa shape index (κ2) is 7.57. The molecular formula is C22H21N5S2. The Labute approximate surface area is 179 Å². The van der Waals surface area contributed by atoms with Crippen LogP contribution in [0.5, 0.6) is 0 Å². The van der Waals surface area contributed by atoms with E-state index in [-0.39, 0.29) is 12.1 Å². The van der Waals surface area contributed by atoms with Crippen LogP contribution in [0.2, 0.25) is 0 Å². The minimum absolute atomic E-state index is 0.00159. The van der Waals surface area contributed by atoms with E-state index in [9.17, 15) is 0 Å². The Kier molecular flexibility index (Phi) is 4.77. The lowest BCUT2D eigenvalue weighted by Crippen LogP contribution is -2.31. The Morgan fingerprint density at radius 2 is 1.97 bits per heavy atom. The first-order valence-electron chi connectivity index (χ1n) is 9.77. The third-order valence-corrected chi connectivity index (χ3v) is 6.62. The predicted octanol–water partition coefficient (Wildman–Crippen LogP) is 4.86. The largest absolute Gasteiger partial charge is 0.352 e. The van der Waals surface area contributed by atoms with Gasteiger partial charge in [0, 0.05) is 18.9 Å². The number of pyridine rings is 1. The monoisotopic (exact) mass is 419 g/mol. The molecule has 0 saturated carbocycles. The lowest BCUT2D eigenvalue weighted by Gasteiger charge is -2.28. The molecule has 3 aromatic heterocycles. The molecule has 7 heteroatoms. The van der Waals surface area contributed by atoms with Crippen LogP contribution >= 0.6 is 23.6 Å². The molecule has 1 aliphatic heterocycles. The molecule has 4 heterocycles. The van der Waals surface area contributed by atoms with Crippen LogP contribution in [0.25, 0.3) is 15.3 Å². The molecular weight excluding hydrogens is 398 g/mol. The molecule has 1 fully saturated rings. The van der Waals surface area contributed by atoms with Crippen molar-refractivity contribution >= 4 is 38.9 Å². The Balaban J connectivity index is 1.62. The molecule has 0 bridgehead atoms. The number of aromatic nitrogens is 3. The summed E-state index contributed by atoms with van der Waals surface area (Å²) in [7, 11) is 0. The summed E-state index contributed by atoms with van der Waals surface area (Å²) < 4.78 is 3.39. The molecule has 1 aromatic carbocycles. The molecule has 0 amide bonds. The van der Waals surface area contributed by atoms with Gasteiger partial charge in [0.25, 0.3) is 0 Å². The van der Waals surface area contributed by atoms with Crippen LogP contribution < -0.4 is 5.32 Å². The lowest BCUT2D eigenvalue weighted by molar-refractivity contribution is 0.309. The molecule has 146 valence electrons. The summed E-state index contributed by atoms with van der Waals surface area (Å²) in [5.74, 6) is 0. The molecule has 0 unspecified atom stereocenters. The highest BCUT2D eigenvalue weighted by Crippen LogP contribution is 2.40. The van der Waals surface area contributed by atoms with Gasteiger partial charge < -0.3 is 10.2 Å². The maximum Gasteiger partial charge on any atom is 0.194 e. The number of rotatable bonds is 5. The fourth-order valence-corrected chi connectivity index (χ4v) is 5.28. The molecule has 0 radical (unpaired) electrons. The third kappa shape index (κ3) is 3.20. The highest BCUT2D eigenvalue weighted by molar-refractivity contribution is 7.80. The van der Waals surface area contributed by atoms with Crippen LogP contribution in [-0.2, 0) is 0 Å². The van der Waals surface area contributed by atoms with Crippen molar-refractivity contribution in [3.05, 3.63) is 78.4 Å². The van der Waals surface area contributed by atoms with Crippen LogP contribution in [0.3, 0.4) is 0 Å². The van der Waals surface area contributed by atoms with E-state index in [1.165, 1.54) is 10.4 Å². The van der Waals surface area contributed by atoms with E-state index in [0.29, 0.717) is 0 Å². The quantitative estimate of drug-likeness (QED) is 0.468. The first-order valence-corrected chi connectivity index (χ1v) is 11.0. The third-order valence-electron chi connectivity index (χ3n) is 5.23. The van der Waals surface area contributed by atoms with Crippen molar-refractivity contribution in [2.45, 2.75) is 25.4 Å². The predicted molar refractivity (Wildman–Crippen MR) is 121 cm³/mol. The molecule has 0 aliphatic carbocycles. The first kappa shape index (κ1) is 18.3. The Bertz CT molecular complexity index is 1120. The van der Waals surface area contributed by atoms with Gasteiger partial charge in [-0.3, -0.25) is 9.55 Å². The standard InChI is InChI=1S/C22H21N5S2/c1-2-13-27-20(19(25-21(27)28)16-9-5-6-12-23-16)17-10-7-14-26(17)22-24-15-8-3-4-11-18(15)29-22/h3-12,14,19-20H,2,13H2,1H3,(H,25,28)/t19-,20-/m0/s1. The van der Waals surface area contributed by atoms with Crippen molar-refractivity contribution in [2.24, 2.45) is 0 Å². The Morgan fingerprint density at radius 1 is 1.10 bits per heavy atom. The van der Waals surface area contributed by atoms with Gasteiger partial charge >= 0.3 is 0 Å². The Morgan fingerprint density at radius 3 is 2.76 bits per heavy atom. The number of hydrogen-bond donors (Lipinski definition) is 1. The molecule has 4 aromatic rings. The summed E-state index contributed by atoms with van der Waals surface area (Å²) >= 11 is 7.42. The van der Waals surface area contributed by atoms with Crippen molar-refractivity contribution in [2.75, 3.05) is 6.54 Å². The van der Waals surface area contributed by atoms with Crippen LogP contribution in [0.15, 0.2) is 67.0 Å². The maximum atomic E-state index is 5.71. The fraction of sp³-hybridized carbons (Fsp3) is 0.227. The molecule has 1 aliphatic rings. The van der Waals surface area contributed by atoms with E-state index in [1.807, 2.05) is 24.4 Å². The molecule has 2 atom stereocenters. The van der Waals surface area contributed by atoms with Crippen molar-refractivity contribution in [1.82, 2.24) is 24.8 Å². The minimum Gasteiger partial charge on any atom is -0.352 e. The van der Waals surface area contributed by atoms with Crippen molar-refractivity contribution in [1.29, 1.82) is 0 Å². The highest BCUT2D eigenvalue weighted by Gasteiger charge is 2.40. The number of para-hydroxylation sites is 1. The van der Waals surface area contributed by atoms with Crippen LogP contribution in [0, 0.1) is 0 Å². The van der Waals surface area contributed by atoms with E-state index < -0.39 is 0 Å². The zero-order valence-electron chi connectivity index (χ0n) is 16.0. The van der Waals surface area contributed by atoms with Gasteiger partial charge in [0.1, 0.15) is 0 Å². The summed E-state index contributed by atoms with van der Waals surface area (Å²) in [6.45, 7) is 3.07. The van der Waals surface area contributed by atoms with Gasteiger partial charge in [0.15, 0.2) is 10.2 Å². The van der Waals surface area contributed by atoms with Gasteiger partial charge in [-0.2, -0.15) is 0 Å². The summed E-state index contributed by atoms with van der Waals surface area (Å²) in [5.41, 5.74) is 3.19. The maximum absolute atomic E-state index is 5.71. The number of nitrogens with one attached hydrogen (secondary N) is 1. The van der Waals surface area contributed by atoms with Crippen molar-refractivity contribution < 1.29 is 0 Å². The van der Waals surface area contributed by atoms with Crippen molar-refractivity contribution in [3.63, 3.8) is 0 Å². The number of hydrogen-bond acceptors (Lipinski definition) is 4. The average molecular weight is 420 g/mol. The number of thiocarbonyl (C=S) groups is 1. The van der Waals surface area contributed by atoms with Crippen LogP contribution in [-0.4, -0.2) is 31.1 Å². The van der Waals surface area contributed by atoms with Gasteiger partial charge in [-0.05, 0) is 55.0 Å². The first-order chi connectivity index (χ1) is 14.3. The van der Waals surface area contributed by atoms with Gasteiger partial charge in [-0.1, -0.05) is 36.5 Å². The molecule has 1 N–H and O–H groups in total. The second-order valence-electron chi connectivity index (χ2n) is 7.09. The zero-order chi connectivity index (χ0) is 19.8. The minimum atomic E-state index is -0.00159. The molecule has 5 nitrogen and oxygen atoms in total.